The molecule has 0 amide bonds. The van der Waals surface area contributed by atoms with Crippen molar-refractivity contribution < 1.29 is 8.42 Å². The van der Waals surface area contributed by atoms with Crippen molar-refractivity contribution in [3.63, 3.8) is 0 Å². The Labute approximate surface area is 123 Å². The van der Waals surface area contributed by atoms with Gasteiger partial charge in [0.1, 0.15) is 0 Å². The molecule has 0 unspecified atom stereocenters. The minimum Gasteiger partial charge on any atom is -0.398 e. The fourth-order valence-corrected chi connectivity index (χ4v) is 3.42. The zero-order valence-corrected chi connectivity index (χ0v) is 13.0. The Morgan fingerprint density at radius 1 is 1.53 bits per heavy atom. The zero-order valence-electron chi connectivity index (χ0n) is 10.6. The van der Waals surface area contributed by atoms with Gasteiger partial charge in [0, 0.05) is 28.8 Å². The van der Waals surface area contributed by atoms with Crippen molar-refractivity contribution in [2.24, 2.45) is 0 Å². The second kappa shape index (κ2) is 7.19. The van der Waals surface area contributed by atoms with Gasteiger partial charge in [-0.15, -0.1) is 6.58 Å². The van der Waals surface area contributed by atoms with E-state index in [1.165, 1.54) is 12.1 Å². The van der Waals surface area contributed by atoms with Crippen LogP contribution in [-0.2, 0) is 10.0 Å². The highest BCUT2D eigenvalue weighted by atomic mass is 35.5. The molecular weight excluding hydrogens is 304 g/mol. The van der Waals surface area contributed by atoms with Crippen LogP contribution in [0.15, 0.2) is 29.7 Å². The number of nitrogens with one attached hydrogen (secondary N) is 1. The Bertz CT molecular complexity index is 536. The topological polar surface area (TPSA) is 72.2 Å². The Kier molecular flexibility index (Phi) is 6.19. The molecule has 0 bridgehead atoms. The first-order valence-electron chi connectivity index (χ1n) is 5.62. The molecule has 1 aromatic carbocycles. The summed E-state index contributed by atoms with van der Waals surface area (Å²) >= 11 is 7.54. The first-order valence-corrected chi connectivity index (χ1v) is 8.64. The Morgan fingerprint density at radius 3 is 2.79 bits per heavy atom. The maximum atomic E-state index is 12.0. The van der Waals surface area contributed by atoms with Gasteiger partial charge in [0.2, 0.25) is 10.0 Å². The van der Waals surface area contributed by atoms with E-state index in [-0.39, 0.29) is 4.90 Å². The summed E-state index contributed by atoms with van der Waals surface area (Å²) in [6, 6.07) is 2.83. The normalized spacial score (nSPS) is 11.5. The molecule has 3 N–H and O–H groups in total. The molecule has 0 fully saturated rings. The second-order valence-corrected chi connectivity index (χ2v) is 7.20. The molecule has 0 radical (unpaired) electrons. The van der Waals surface area contributed by atoms with Crippen molar-refractivity contribution in [3.8, 4) is 0 Å². The third-order valence-corrected chi connectivity index (χ3v) is 5.24. The molecule has 7 heteroatoms. The molecule has 4 nitrogen and oxygen atoms in total. The van der Waals surface area contributed by atoms with Crippen molar-refractivity contribution in [2.45, 2.75) is 11.8 Å². The number of halogens is 1. The van der Waals surface area contributed by atoms with Gasteiger partial charge in [0.25, 0.3) is 0 Å². The lowest BCUT2D eigenvalue weighted by Gasteiger charge is -2.09. The van der Waals surface area contributed by atoms with Gasteiger partial charge in [-0.05, 0) is 24.6 Å². The molecule has 0 aliphatic heterocycles. The molecule has 0 aromatic heterocycles. The molecule has 0 atom stereocenters. The third kappa shape index (κ3) is 4.72. The van der Waals surface area contributed by atoms with E-state index in [2.05, 4.69) is 11.3 Å². The molecule has 1 rings (SSSR count). The molecule has 0 heterocycles. The largest absolute Gasteiger partial charge is 0.398 e. The van der Waals surface area contributed by atoms with Gasteiger partial charge in [-0.2, -0.15) is 11.8 Å². The van der Waals surface area contributed by atoms with Crippen LogP contribution in [0, 0.1) is 6.92 Å². The maximum absolute atomic E-state index is 12.0. The molecule has 106 valence electrons. The van der Waals surface area contributed by atoms with E-state index < -0.39 is 10.0 Å². The summed E-state index contributed by atoms with van der Waals surface area (Å²) in [6.07, 6.45) is 1.78. The van der Waals surface area contributed by atoms with E-state index in [0.717, 1.165) is 5.75 Å². The highest BCUT2D eigenvalue weighted by molar-refractivity contribution is 7.99. The molecule has 19 heavy (non-hydrogen) atoms. The number of sulfonamides is 1. The van der Waals surface area contributed by atoms with Crippen LogP contribution in [0.4, 0.5) is 5.69 Å². The van der Waals surface area contributed by atoms with Crippen LogP contribution in [-0.4, -0.2) is 26.5 Å². The maximum Gasteiger partial charge on any atom is 0.240 e. The van der Waals surface area contributed by atoms with Gasteiger partial charge in [0.15, 0.2) is 0 Å². The predicted octanol–water partition coefficient (Wildman–Crippen LogP) is 2.43. The number of nitrogens with two attached hydrogens (primary N) is 1. The third-order valence-electron chi connectivity index (χ3n) is 2.44. The van der Waals surface area contributed by atoms with Gasteiger partial charge >= 0.3 is 0 Å². The predicted molar refractivity (Wildman–Crippen MR) is 83.3 cm³/mol. The summed E-state index contributed by atoms with van der Waals surface area (Å²) in [6.45, 7) is 5.69. The number of anilines is 1. The van der Waals surface area contributed by atoms with Crippen LogP contribution in [0.25, 0.3) is 0 Å². The van der Waals surface area contributed by atoms with Crippen molar-refractivity contribution in [1.29, 1.82) is 0 Å². The molecule has 0 saturated heterocycles. The molecular formula is C12H17ClN2O2S2. The van der Waals surface area contributed by atoms with E-state index in [9.17, 15) is 8.42 Å². The minimum absolute atomic E-state index is 0.0920. The number of benzene rings is 1. The lowest BCUT2D eigenvalue weighted by atomic mass is 10.2. The first kappa shape index (κ1) is 16.4. The number of nitrogen functional groups attached to an aromatic ring is 1. The summed E-state index contributed by atoms with van der Waals surface area (Å²) in [4.78, 5) is 0.0920. The Balaban J connectivity index is 2.75. The number of hydrogen-bond donors (Lipinski definition) is 2. The van der Waals surface area contributed by atoms with Crippen LogP contribution in [0.5, 0.6) is 0 Å². The van der Waals surface area contributed by atoms with Crippen LogP contribution in [0.3, 0.4) is 0 Å². The van der Waals surface area contributed by atoms with Crippen LogP contribution >= 0.6 is 23.4 Å². The van der Waals surface area contributed by atoms with Gasteiger partial charge in [0.05, 0.1) is 4.90 Å². The smallest absolute Gasteiger partial charge is 0.240 e. The quantitative estimate of drug-likeness (QED) is 0.460. The Morgan fingerprint density at radius 2 is 2.21 bits per heavy atom. The molecule has 0 aliphatic carbocycles. The van der Waals surface area contributed by atoms with Crippen molar-refractivity contribution in [3.05, 3.63) is 35.4 Å². The van der Waals surface area contributed by atoms with Crippen LogP contribution in [0.2, 0.25) is 5.02 Å². The second-order valence-electron chi connectivity index (χ2n) is 3.88. The summed E-state index contributed by atoms with van der Waals surface area (Å²) < 4.78 is 26.6. The van der Waals surface area contributed by atoms with Crippen molar-refractivity contribution in [2.75, 3.05) is 23.8 Å². The summed E-state index contributed by atoms with van der Waals surface area (Å²) in [5.41, 5.74) is 6.77. The van der Waals surface area contributed by atoms with E-state index >= 15 is 0 Å². The molecule has 0 aliphatic rings. The van der Waals surface area contributed by atoms with Crippen LogP contribution < -0.4 is 10.5 Å². The van der Waals surface area contributed by atoms with Gasteiger partial charge in [-0.1, -0.05) is 17.7 Å². The average Bonchev–Trinajstić information content (AvgIpc) is 2.35. The summed E-state index contributed by atoms with van der Waals surface area (Å²) in [7, 11) is -3.56. The molecule has 0 spiro atoms. The van der Waals surface area contributed by atoms with Gasteiger partial charge < -0.3 is 5.73 Å². The number of rotatable bonds is 7. The SMILES string of the molecule is C=CCSCCNS(=O)(=O)c1cc(N)c(C)c(Cl)c1. The Hall–Kier alpha value is -0.690. The highest BCUT2D eigenvalue weighted by Crippen LogP contribution is 2.25. The lowest BCUT2D eigenvalue weighted by Crippen LogP contribution is -2.26. The molecule has 0 saturated carbocycles. The number of hydrogen-bond acceptors (Lipinski definition) is 4. The average molecular weight is 321 g/mol. The monoisotopic (exact) mass is 320 g/mol. The standard InChI is InChI=1S/C12H17ClN2O2S2/c1-3-5-18-6-4-15-19(16,17)10-7-11(13)9(2)12(14)8-10/h3,7-8,15H,1,4-6,14H2,2H3. The van der Waals surface area contributed by atoms with E-state index in [1.54, 1.807) is 24.8 Å². The number of thioether (sulfide) groups is 1. The molecule has 1 aromatic rings. The van der Waals surface area contributed by atoms with Crippen LogP contribution in [0.1, 0.15) is 5.56 Å². The van der Waals surface area contributed by atoms with Crippen molar-refractivity contribution >= 4 is 39.1 Å². The fraction of sp³-hybridized carbons (Fsp3) is 0.333. The highest BCUT2D eigenvalue weighted by Gasteiger charge is 2.16. The summed E-state index contributed by atoms with van der Waals surface area (Å²) in [5, 5.41) is 0.349. The van der Waals surface area contributed by atoms with Gasteiger partial charge in [-0.25, -0.2) is 13.1 Å². The van der Waals surface area contributed by atoms with Gasteiger partial charge in [-0.3, -0.25) is 0 Å². The van der Waals surface area contributed by atoms with E-state index in [1.807, 2.05) is 0 Å². The summed E-state index contributed by atoms with van der Waals surface area (Å²) in [5.74, 6) is 1.48. The first-order chi connectivity index (χ1) is 8.88. The van der Waals surface area contributed by atoms with Crippen molar-refractivity contribution in [1.82, 2.24) is 4.72 Å². The zero-order chi connectivity index (χ0) is 14.5. The fourth-order valence-electron chi connectivity index (χ4n) is 1.33. The lowest BCUT2D eigenvalue weighted by molar-refractivity contribution is 0.584. The van der Waals surface area contributed by atoms with E-state index in [4.69, 9.17) is 17.3 Å². The minimum atomic E-state index is -3.56. The van der Waals surface area contributed by atoms with E-state index in [0.29, 0.717) is 28.6 Å².